The van der Waals surface area contributed by atoms with E-state index >= 15 is 0 Å². The van der Waals surface area contributed by atoms with E-state index in [1.807, 2.05) is 0 Å². The van der Waals surface area contributed by atoms with Gasteiger partial charge in [-0.25, -0.2) is 4.79 Å². The molecule has 0 aliphatic carbocycles. The van der Waals surface area contributed by atoms with E-state index in [0.717, 1.165) is 6.92 Å². The zero-order valence-electron chi connectivity index (χ0n) is 7.97. The Morgan fingerprint density at radius 3 is 2.33 bits per heavy atom. The average Bonchev–Trinajstić information content (AvgIpc) is 2.45. The molecule has 1 atom stereocenters. The van der Waals surface area contributed by atoms with Crippen LogP contribution < -0.4 is 0 Å². The van der Waals surface area contributed by atoms with Gasteiger partial charge in [-0.2, -0.15) is 13.2 Å². The summed E-state index contributed by atoms with van der Waals surface area (Å²) in [6.07, 6.45) is -4.70. The molecule has 7 heteroatoms. The zero-order chi connectivity index (χ0) is 11.9. The van der Waals surface area contributed by atoms with Gasteiger partial charge in [-0.1, -0.05) is 0 Å². The molecule has 0 aromatic rings. The quantitative estimate of drug-likeness (QED) is 0.724. The predicted octanol–water partition coefficient (Wildman–Crippen LogP) is 1.01. The summed E-state index contributed by atoms with van der Waals surface area (Å²) in [6.45, 7) is 0.965. The predicted molar refractivity (Wildman–Crippen MR) is 43.0 cm³/mol. The van der Waals surface area contributed by atoms with Gasteiger partial charge in [-0.15, -0.1) is 0 Å². The second-order valence-corrected chi connectivity index (χ2v) is 3.64. The molecule has 1 amide bonds. The van der Waals surface area contributed by atoms with Crippen LogP contribution in [0.1, 0.15) is 19.8 Å². The molecule has 1 saturated heterocycles. The fraction of sp³-hybridized carbons (Fsp3) is 0.750. The van der Waals surface area contributed by atoms with Crippen molar-refractivity contribution < 1.29 is 27.9 Å². The van der Waals surface area contributed by atoms with Crippen LogP contribution in [-0.4, -0.2) is 40.1 Å². The molecule has 1 heterocycles. The van der Waals surface area contributed by atoms with Crippen LogP contribution in [0.5, 0.6) is 0 Å². The summed E-state index contributed by atoms with van der Waals surface area (Å²) in [5.74, 6) is -3.48. The molecule has 1 rings (SSSR count). The fourth-order valence-corrected chi connectivity index (χ4v) is 1.66. The third kappa shape index (κ3) is 1.91. The standard InChI is InChI=1S/C8H10F3NO3/c1-7(6(14)15)3-2-4-12(7)5(13)8(9,10)11/h2-4H2,1H3,(H,14,15)/t7-/m0/s1. The number of hydrogen-bond donors (Lipinski definition) is 1. The monoisotopic (exact) mass is 225 g/mol. The first-order valence-corrected chi connectivity index (χ1v) is 4.32. The van der Waals surface area contributed by atoms with E-state index in [1.54, 1.807) is 0 Å². The van der Waals surface area contributed by atoms with E-state index in [0.29, 0.717) is 4.90 Å². The lowest BCUT2D eigenvalue weighted by Gasteiger charge is -2.31. The third-order valence-corrected chi connectivity index (χ3v) is 2.59. The highest BCUT2D eigenvalue weighted by atomic mass is 19.4. The van der Waals surface area contributed by atoms with Crippen molar-refractivity contribution in [2.75, 3.05) is 6.54 Å². The van der Waals surface area contributed by atoms with Gasteiger partial charge in [0.2, 0.25) is 0 Å². The van der Waals surface area contributed by atoms with Crippen molar-refractivity contribution in [3.05, 3.63) is 0 Å². The van der Waals surface area contributed by atoms with Crippen molar-refractivity contribution in [1.82, 2.24) is 4.90 Å². The minimum atomic E-state index is -5.01. The number of amides is 1. The Balaban J connectivity index is 2.96. The zero-order valence-corrected chi connectivity index (χ0v) is 7.97. The van der Waals surface area contributed by atoms with Crippen LogP contribution in [0.2, 0.25) is 0 Å². The first-order valence-electron chi connectivity index (χ1n) is 4.32. The lowest BCUT2D eigenvalue weighted by atomic mass is 9.99. The summed E-state index contributed by atoms with van der Waals surface area (Å²) in [6, 6.07) is 0. The third-order valence-electron chi connectivity index (χ3n) is 2.59. The number of carboxylic acids is 1. The first-order chi connectivity index (χ1) is 6.69. The molecule has 0 aromatic carbocycles. The Hall–Kier alpha value is -1.27. The van der Waals surface area contributed by atoms with E-state index < -0.39 is 23.6 Å². The van der Waals surface area contributed by atoms with Gasteiger partial charge in [0.25, 0.3) is 0 Å². The molecule has 0 aromatic heterocycles. The summed E-state index contributed by atoms with van der Waals surface area (Å²) in [5.41, 5.74) is -1.73. The molecule has 0 unspecified atom stereocenters. The number of aliphatic carboxylic acids is 1. The van der Waals surface area contributed by atoms with Crippen LogP contribution in [-0.2, 0) is 9.59 Å². The molecular formula is C8H10F3NO3. The SMILES string of the molecule is C[C@@]1(C(=O)O)CCCN1C(=O)C(F)(F)F. The maximum absolute atomic E-state index is 12.1. The summed E-state index contributed by atoms with van der Waals surface area (Å²) in [7, 11) is 0. The van der Waals surface area contributed by atoms with Crippen molar-refractivity contribution in [2.24, 2.45) is 0 Å². The van der Waals surface area contributed by atoms with Crippen LogP contribution in [0.15, 0.2) is 0 Å². The lowest BCUT2D eigenvalue weighted by molar-refractivity contribution is -0.191. The van der Waals surface area contributed by atoms with Crippen LogP contribution >= 0.6 is 0 Å². The maximum Gasteiger partial charge on any atom is 0.471 e. The van der Waals surface area contributed by atoms with Crippen molar-refractivity contribution in [2.45, 2.75) is 31.5 Å². The van der Waals surface area contributed by atoms with E-state index in [-0.39, 0.29) is 19.4 Å². The Labute approximate surface area is 83.7 Å². The number of hydrogen-bond acceptors (Lipinski definition) is 2. The van der Waals surface area contributed by atoms with Gasteiger partial charge in [-0.3, -0.25) is 4.79 Å². The normalized spacial score (nSPS) is 26.8. The van der Waals surface area contributed by atoms with Gasteiger partial charge in [-0.05, 0) is 19.8 Å². The van der Waals surface area contributed by atoms with Gasteiger partial charge >= 0.3 is 18.1 Å². The van der Waals surface area contributed by atoms with Crippen molar-refractivity contribution in [3.8, 4) is 0 Å². The van der Waals surface area contributed by atoms with Gasteiger partial charge in [0.05, 0.1) is 0 Å². The fourth-order valence-electron chi connectivity index (χ4n) is 1.66. The molecular weight excluding hydrogens is 215 g/mol. The van der Waals surface area contributed by atoms with Gasteiger partial charge in [0.15, 0.2) is 0 Å². The van der Waals surface area contributed by atoms with Crippen LogP contribution in [0.4, 0.5) is 13.2 Å². The number of nitrogens with zero attached hydrogens (tertiary/aromatic N) is 1. The smallest absolute Gasteiger partial charge is 0.471 e. The van der Waals surface area contributed by atoms with E-state index in [1.165, 1.54) is 0 Å². The molecule has 0 radical (unpaired) electrons. The summed E-state index contributed by atoms with van der Waals surface area (Å²) >= 11 is 0. The number of carboxylic acid groups (broad SMARTS) is 1. The molecule has 1 aliphatic heterocycles. The maximum atomic E-state index is 12.1. The summed E-state index contributed by atoms with van der Waals surface area (Å²) < 4.78 is 36.4. The van der Waals surface area contributed by atoms with E-state index in [2.05, 4.69) is 0 Å². The molecule has 86 valence electrons. The van der Waals surface area contributed by atoms with E-state index in [9.17, 15) is 22.8 Å². The molecule has 0 spiro atoms. The van der Waals surface area contributed by atoms with Crippen molar-refractivity contribution in [3.63, 3.8) is 0 Å². The van der Waals surface area contributed by atoms with E-state index in [4.69, 9.17) is 5.11 Å². The second kappa shape index (κ2) is 3.39. The number of halogens is 3. The summed E-state index contributed by atoms with van der Waals surface area (Å²) in [4.78, 5) is 22.1. The second-order valence-electron chi connectivity index (χ2n) is 3.64. The highest BCUT2D eigenvalue weighted by Crippen LogP contribution is 2.33. The van der Waals surface area contributed by atoms with Crippen LogP contribution in [0.3, 0.4) is 0 Å². The number of alkyl halides is 3. The topological polar surface area (TPSA) is 57.6 Å². The minimum absolute atomic E-state index is 0.0458. The molecule has 1 aliphatic rings. The molecule has 15 heavy (non-hydrogen) atoms. The number of rotatable bonds is 1. The minimum Gasteiger partial charge on any atom is -0.480 e. The molecule has 0 saturated carbocycles. The lowest BCUT2D eigenvalue weighted by Crippen LogP contribution is -2.54. The van der Waals surface area contributed by atoms with Crippen molar-refractivity contribution >= 4 is 11.9 Å². The van der Waals surface area contributed by atoms with Gasteiger partial charge in [0.1, 0.15) is 5.54 Å². The Morgan fingerprint density at radius 1 is 1.40 bits per heavy atom. The molecule has 1 N–H and O–H groups in total. The van der Waals surface area contributed by atoms with Gasteiger partial charge < -0.3 is 10.0 Å². The summed E-state index contributed by atoms with van der Waals surface area (Å²) in [5, 5.41) is 8.80. The molecule has 4 nitrogen and oxygen atoms in total. The van der Waals surface area contributed by atoms with Crippen molar-refractivity contribution in [1.29, 1.82) is 0 Å². The highest BCUT2D eigenvalue weighted by Gasteiger charge is 2.53. The Bertz CT molecular complexity index is 302. The number of carbonyl (C=O) groups is 2. The Morgan fingerprint density at radius 2 is 1.93 bits per heavy atom. The average molecular weight is 225 g/mol. The molecule has 0 bridgehead atoms. The number of likely N-dealkylation sites (tertiary alicyclic amines) is 1. The van der Waals surface area contributed by atoms with Crippen LogP contribution in [0.25, 0.3) is 0 Å². The first kappa shape index (κ1) is 11.8. The highest BCUT2D eigenvalue weighted by molar-refractivity contribution is 5.90. The van der Waals surface area contributed by atoms with Crippen LogP contribution in [0, 0.1) is 0 Å². The van der Waals surface area contributed by atoms with Gasteiger partial charge in [0, 0.05) is 6.54 Å². The molecule has 1 fully saturated rings. The number of carbonyl (C=O) groups excluding carboxylic acids is 1. The largest absolute Gasteiger partial charge is 0.480 e. The Kier molecular flexibility index (Phi) is 2.67.